The normalized spacial score (nSPS) is 10.3. The van der Waals surface area contributed by atoms with E-state index in [1.165, 1.54) is 0 Å². The third-order valence-corrected chi connectivity index (χ3v) is 2.63. The molecule has 0 unspecified atom stereocenters. The third-order valence-electron chi connectivity index (χ3n) is 2.39. The fraction of sp³-hybridized carbons (Fsp3) is 0.167. The second kappa shape index (κ2) is 4.59. The Morgan fingerprint density at radius 2 is 2.06 bits per heavy atom. The number of nitrogens with zero attached hydrogens (tertiary/aromatic N) is 2. The molecule has 1 heterocycles. The second-order valence-corrected chi connectivity index (χ2v) is 4.00. The van der Waals surface area contributed by atoms with E-state index in [1.54, 1.807) is 38.4 Å². The number of hydrogen-bond donors (Lipinski definition) is 1. The first kappa shape index (κ1) is 11.7. The fourth-order valence-corrected chi connectivity index (χ4v) is 1.76. The number of anilines is 1. The highest BCUT2D eigenvalue weighted by atomic mass is 35.5. The van der Waals surface area contributed by atoms with Crippen LogP contribution in [0.4, 0.5) is 5.82 Å². The van der Waals surface area contributed by atoms with Crippen molar-refractivity contribution in [3.8, 4) is 16.9 Å². The minimum Gasteiger partial charge on any atom is -0.496 e. The van der Waals surface area contributed by atoms with E-state index in [1.807, 2.05) is 0 Å². The van der Waals surface area contributed by atoms with Crippen LogP contribution in [0, 0.1) is 6.92 Å². The predicted octanol–water partition coefficient (Wildman–Crippen LogP) is 2.70. The van der Waals surface area contributed by atoms with Crippen LogP contribution in [0.5, 0.6) is 5.75 Å². The van der Waals surface area contributed by atoms with Gasteiger partial charge < -0.3 is 10.5 Å². The lowest BCUT2D eigenvalue weighted by Crippen LogP contribution is -1.99. The molecule has 0 atom stereocenters. The summed E-state index contributed by atoms with van der Waals surface area (Å²) in [6, 6.07) is 5.33. The van der Waals surface area contributed by atoms with Crippen molar-refractivity contribution < 1.29 is 4.74 Å². The van der Waals surface area contributed by atoms with Crippen molar-refractivity contribution in [3.05, 3.63) is 35.2 Å². The van der Waals surface area contributed by atoms with Crippen LogP contribution in [0.15, 0.2) is 24.4 Å². The minimum absolute atomic E-state index is 0.415. The molecule has 0 amide bonds. The summed E-state index contributed by atoms with van der Waals surface area (Å²) in [7, 11) is 1.60. The molecule has 4 nitrogen and oxygen atoms in total. The van der Waals surface area contributed by atoms with Crippen molar-refractivity contribution >= 4 is 17.4 Å². The molecule has 0 spiro atoms. The molecule has 2 aromatic rings. The highest BCUT2D eigenvalue weighted by Crippen LogP contribution is 2.34. The summed E-state index contributed by atoms with van der Waals surface area (Å²) >= 11 is 5.97. The van der Waals surface area contributed by atoms with Crippen LogP contribution in [0.1, 0.15) is 5.82 Å². The highest BCUT2D eigenvalue weighted by molar-refractivity contribution is 6.31. The van der Waals surface area contributed by atoms with Crippen molar-refractivity contribution in [2.75, 3.05) is 12.8 Å². The lowest BCUT2D eigenvalue weighted by Gasteiger charge is -2.10. The molecule has 2 rings (SSSR count). The smallest absolute Gasteiger partial charge is 0.135 e. The Morgan fingerprint density at radius 1 is 1.29 bits per heavy atom. The molecule has 88 valence electrons. The Balaban J connectivity index is 2.62. The summed E-state index contributed by atoms with van der Waals surface area (Å²) in [6.45, 7) is 1.79. The Hall–Kier alpha value is -1.81. The average molecular weight is 250 g/mol. The number of halogens is 1. The molecule has 1 aromatic carbocycles. The summed E-state index contributed by atoms with van der Waals surface area (Å²) in [4.78, 5) is 8.25. The largest absolute Gasteiger partial charge is 0.496 e. The number of aromatic nitrogens is 2. The average Bonchev–Trinajstić information content (AvgIpc) is 2.29. The maximum absolute atomic E-state index is 5.97. The van der Waals surface area contributed by atoms with E-state index in [9.17, 15) is 0 Å². The van der Waals surface area contributed by atoms with Gasteiger partial charge in [0.1, 0.15) is 17.4 Å². The molecule has 0 aliphatic heterocycles. The monoisotopic (exact) mass is 249 g/mol. The number of nitrogen functional groups attached to an aromatic ring is 1. The van der Waals surface area contributed by atoms with Crippen LogP contribution < -0.4 is 10.5 Å². The quantitative estimate of drug-likeness (QED) is 0.889. The molecule has 0 saturated carbocycles. The zero-order valence-corrected chi connectivity index (χ0v) is 10.3. The molecule has 0 radical (unpaired) electrons. The molecule has 0 aliphatic rings. The van der Waals surface area contributed by atoms with Gasteiger partial charge in [-0.05, 0) is 25.1 Å². The van der Waals surface area contributed by atoms with Crippen LogP contribution in [-0.2, 0) is 0 Å². The van der Waals surface area contributed by atoms with Crippen molar-refractivity contribution in [1.82, 2.24) is 9.97 Å². The van der Waals surface area contributed by atoms with Crippen LogP contribution in [0.2, 0.25) is 5.02 Å². The van der Waals surface area contributed by atoms with Gasteiger partial charge >= 0.3 is 0 Å². The summed E-state index contributed by atoms with van der Waals surface area (Å²) in [6.07, 6.45) is 1.67. The minimum atomic E-state index is 0.415. The zero-order valence-electron chi connectivity index (χ0n) is 9.57. The van der Waals surface area contributed by atoms with Crippen LogP contribution in [0.3, 0.4) is 0 Å². The van der Waals surface area contributed by atoms with Crippen LogP contribution in [-0.4, -0.2) is 17.1 Å². The lowest BCUT2D eigenvalue weighted by molar-refractivity contribution is 0.416. The van der Waals surface area contributed by atoms with Crippen molar-refractivity contribution in [2.45, 2.75) is 6.92 Å². The maximum Gasteiger partial charge on any atom is 0.135 e. The number of rotatable bonds is 2. The van der Waals surface area contributed by atoms with E-state index in [4.69, 9.17) is 22.1 Å². The first-order valence-electron chi connectivity index (χ1n) is 5.05. The molecule has 1 aromatic heterocycles. The number of nitrogens with two attached hydrogens (primary N) is 1. The summed E-state index contributed by atoms with van der Waals surface area (Å²) < 4.78 is 5.27. The first-order chi connectivity index (χ1) is 8.11. The van der Waals surface area contributed by atoms with Gasteiger partial charge in [0.05, 0.1) is 7.11 Å². The summed E-state index contributed by atoms with van der Waals surface area (Å²) in [5.74, 6) is 1.74. The Kier molecular flexibility index (Phi) is 3.15. The molecule has 17 heavy (non-hydrogen) atoms. The van der Waals surface area contributed by atoms with Gasteiger partial charge in [0.25, 0.3) is 0 Å². The van der Waals surface area contributed by atoms with E-state index in [0.29, 0.717) is 22.4 Å². The zero-order chi connectivity index (χ0) is 12.4. The van der Waals surface area contributed by atoms with E-state index < -0.39 is 0 Å². The number of hydrogen-bond acceptors (Lipinski definition) is 4. The van der Waals surface area contributed by atoms with Gasteiger partial charge in [0.2, 0.25) is 0 Å². The van der Waals surface area contributed by atoms with Crippen molar-refractivity contribution in [2.24, 2.45) is 0 Å². The predicted molar refractivity (Wildman–Crippen MR) is 68.2 cm³/mol. The van der Waals surface area contributed by atoms with Gasteiger partial charge in [0, 0.05) is 22.3 Å². The summed E-state index contributed by atoms with van der Waals surface area (Å²) in [5.41, 5.74) is 7.38. The lowest BCUT2D eigenvalue weighted by atomic mass is 10.1. The molecule has 0 bridgehead atoms. The second-order valence-electron chi connectivity index (χ2n) is 3.56. The van der Waals surface area contributed by atoms with Gasteiger partial charge in [-0.2, -0.15) is 0 Å². The van der Waals surface area contributed by atoms with Gasteiger partial charge in [-0.3, -0.25) is 0 Å². The highest BCUT2D eigenvalue weighted by Gasteiger charge is 2.11. The van der Waals surface area contributed by atoms with Crippen molar-refractivity contribution in [3.63, 3.8) is 0 Å². The topological polar surface area (TPSA) is 61.0 Å². The van der Waals surface area contributed by atoms with Crippen molar-refractivity contribution in [1.29, 1.82) is 0 Å². The summed E-state index contributed by atoms with van der Waals surface area (Å²) in [5, 5.41) is 0.612. The first-order valence-corrected chi connectivity index (χ1v) is 5.42. The molecule has 2 N–H and O–H groups in total. The van der Waals surface area contributed by atoms with E-state index in [2.05, 4.69) is 9.97 Å². The van der Waals surface area contributed by atoms with Crippen LogP contribution in [0.25, 0.3) is 11.1 Å². The molecule has 0 aliphatic carbocycles. The molecule has 0 saturated heterocycles. The van der Waals surface area contributed by atoms with Gasteiger partial charge in [-0.1, -0.05) is 11.6 Å². The standard InChI is InChI=1S/C12H12ClN3O/c1-7-15-6-10(12(14)16-7)9-5-8(13)3-4-11(9)17-2/h3-6H,1-2H3,(H2,14,15,16). The SMILES string of the molecule is COc1ccc(Cl)cc1-c1cnc(C)nc1N. The Bertz CT molecular complexity index is 557. The number of aryl methyl sites for hydroxylation is 1. The number of ether oxygens (including phenoxy) is 1. The molecule has 5 heteroatoms. The van der Waals surface area contributed by atoms with E-state index in [-0.39, 0.29) is 0 Å². The van der Waals surface area contributed by atoms with E-state index in [0.717, 1.165) is 11.1 Å². The fourth-order valence-electron chi connectivity index (χ4n) is 1.59. The Labute approximate surface area is 104 Å². The molecular weight excluding hydrogens is 238 g/mol. The molecule has 0 fully saturated rings. The van der Waals surface area contributed by atoms with E-state index >= 15 is 0 Å². The van der Waals surface area contributed by atoms with Crippen LogP contribution >= 0.6 is 11.6 Å². The number of benzene rings is 1. The Morgan fingerprint density at radius 3 is 2.71 bits per heavy atom. The maximum atomic E-state index is 5.97. The van der Waals surface area contributed by atoms with Gasteiger partial charge in [-0.15, -0.1) is 0 Å². The number of methoxy groups -OCH3 is 1. The third kappa shape index (κ3) is 2.31. The van der Waals surface area contributed by atoms with Gasteiger partial charge in [0.15, 0.2) is 0 Å². The molecular formula is C12H12ClN3O. The van der Waals surface area contributed by atoms with Gasteiger partial charge in [-0.25, -0.2) is 9.97 Å².